The van der Waals surface area contributed by atoms with Crippen molar-refractivity contribution < 1.29 is 14.0 Å². The number of nitrogens with zero attached hydrogens (tertiary/aromatic N) is 3. The lowest BCUT2D eigenvalue weighted by atomic mass is 10.1. The number of halogens is 2. The summed E-state index contributed by atoms with van der Waals surface area (Å²) in [4.78, 5) is 41.6. The average Bonchev–Trinajstić information content (AvgIpc) is 3.15. The van der Waals surface area contributed by atoms with Crippen molar-refractivity contribution in [3.05, 3.63) is 110 Å². The van der Waals surface area contributed by atoms with Crippen LogP contribution >= 0.6 is 27.7 Å². The fourth-order valence-corrected chi connectivity index (χ4v) is 5.42. The number of rotatable bonds is 9. The van der Waals surface area contributed by atoms with Crippen molar-refractivity contribution in [2.75, 3.05) is 17.6 Å². The fraction of sp³-hybridized carbons (Fsp3) is 0.207. The number of hydrogen-bond donors (Lipinski definition) is 1. The molecule has 0 unspecified atom stereocenters. The lowest BCUT2D eigenvalue weighted by molar-refractivity contribution is -0.113. The number of carbonyl (C=O) groups excluding carboxylic acids is 2. The van der Waals surface area contributed by atoms with Gasteiger partial charge in [0.1, 0.15) is 11.5 Å². The van der Waals surface area contributed by atoms with Crippen LogP contribution in [-0.4, -0.2) is 38.4 Å². The van der Waals surface area contributed by atoms with Gasteiger partial charge in [-0.25, -0.2) is 9.07 Å². The number of nitrogens with one attached hydrogen (secondary N) is 1. The maximum Gasteiger partial charge on any atom is 0.295 e. The molecule has 1 aromatic heterocycles. The third kappa shape index (κ3) is 6.34. The number of amides is 2. The van der Waals surface area contributed by atoms with Crippen LogP contribution in [0.25, 0.3) is 5.69 Å². The fourth-order valence-electron chi connectivity index (χ4n) is 4.17. The average molecular weight is 612 g/mol. The smallest absolute Gasteiger partial charge is 0.295 e. The molecule has 0 aliphatic carbocycles. The molecule has 0 radical (unpaired) electrons. The maximum absolute atomic E-state index is 14.3. The molecule has 0 aliphatic rings. The van der Waals surface area contributed by atoms with E-state index in [-0.39, 0.29) is 41.2 Å². The van der Waals surface area contributed by atoms with Gasteiger partial charge >= 0.3 is 0 Å². The number of carbonyl (C=O) groups is 2. The van der Waals surface area contributed by atoms with E-state index in [0.29, 0.717) is 33.9 Å². The first kappa shape index (κ1) is 28.4. The Labute approximate surface area is 238 Å². The number of thioether (sulfide) groups is 1. The summed E-state index contributed by atoms with van der Waals surface area (Å²) in [6.07, 6.45) is 0. The molecule has 10 heteroatoms. The number of para-hydroxylation sites is 1. The van der Waals surface area contributed by atoms with E-state index < -0.39 is 0 Å². The number of benzene rings is 3. The van der Waals surface area contributed by atoms with Crippen LogP contribution in [0.2, 0.25) is 0 Å². The lowest BCUT2D eigenvalue weighted by Gasteiger charge is -2.22. The molecule has 0 bridgehead atoms. The molecular weight excluding hydrogens is 583 g/mol. The van der Waals surface area contributed by atoms with Crippen LogP contribution in [0.15, 0.2) is 87.0 Å². The minimum atomic E-state index is -0.383. The van der Waals surface area contributed by atoms with Crippen molar-refractivity contribution in [2.45, 2.75) is 25.3 Å². The molecule has 0 saturated carbocycles. The summed E-state index contributed by atoms with van der Waals surface area (Å²) in [5.74, 6) is -1.01. The van der Waals surface area contributed by atoms with E-state index in [1.165, 1.54) is 22.5 Å². The largest absolute Gasteiger partial charge is 0.334 e. The molecule has 3 aromatic carbocycles. The zero-order chi connectivity index (χ0) is 28.1. The Balaban J connectivity index is 1.48. The molecule has 1 heterocycles. The Morgan fingerprint density at radius 3 is 2.46 bits per heavy atom. The highest BCUT2D eigenvalue weighted by Crippen LogP contribution is 2.26. The van der Waals surface area contributed by atoms with E-state index in [0.717, 1.165) is 4.47 Å². The van der Waals surface area contributed by atoms with Gasteiger partial charge in [-0.2, -0.15) is 0 Å². The Morgan fingerprint density at radius 2 is 1.74 bits per heavy atom. The van der Waals surface area contributed by atoms with E-state index in [1.807, 2.05) is 37.3 Å². The predicted octanol–water partition coefficient (Wildman–Crippen LogP) is 5.78. The van der Waals surface area contributed by atoms with E-state index in [9.17, 15) is 18.8 Å². The van der Waals surface area contributed by atoms with Gasteiger partial charge in [0.25, 0.3) is 11.5 Å². The van der Waals surface area contributed by atoms with E-state index in [1.54, 1.807) is 60.0 Å². The Bertz CT molecular complexity index is 1570. The van der Waals surface area contributed by atoms with Crippen molar-refractivity contribution in [3.8, 4) is 5.69 Å². The van der Waals surface area contributed by atoms with Crippen LogP contribution < -0.4 is 10.9 Å². The summed E-state index contributed by atoms with van der Waals surface area (Å²) < 4.78 is 18.3. The van der Waals surface area contributed by atoms with Gasteiger partial charge in [0, 0.05) is 35.1 Å². The quantitative estimate of drug-likeness (QED) is 0.244. The molecule has 0 atom stereocenters. The van der Waals surface area contributed by atoms with E-state index >= 15 is 0 Å². The molecule has 2 amide bonds. The molecule has 202 valence electrons. The molecule has 0 aliphatic heterocycles. The number of aromatic nitrogens is 2. The Hall–Kier alpha value is -3.63. The molecule has 4 rings (SSSR count). The number of hydrogen-bond acceptors (Lipinski definition) is 4. The van der Waals surface area contributed by atoms with Gasteiger partial charge < -0.3 is 10.2 Å². The van der Waals surface area contributed by atoms with Crippen molar-refractivity contribution in [1.29, 1.82) is 0 Å². The summed E-state index contributed by atoms with van der Waals surface area (Å²) >= 11 is 4.56. The minimum absolute atomic E-state index is 0.00418. The van der Waals surface area contributed by atoms with E-state index in [2.05, 4.69) is 21.2 Å². The van der Waals surface area contributed by atoms with Crippen LogP contribution in [0.5, 0.6) is 0 Å². The standard InChI is InChI=1S/C29H28BrFN4O3S/c1-4-34(17-20-16-21(30)14-15-24(20)31)28(37)23-12-8-9-13-25(23)39-18-26(36)32-27-19(2)33(3)35(29(27)38)22-10-6-5-7-11-22/h5-16H,4,17-18H2,1-3H3,(H,32,36). The highest BCUT2D eigenvalue weighted by atomic mass is 79.9. The molecule has 4 aromatic rings. The summed E-state index contributed by atoms with van der Waals surface area (Å²) in [5.41, 5.74) is 2.03. The highest BCUT2D eigenvalue weighted by molar-refractivity contribution is 9.10. The van der Waals surface area contributed by atoms with Crippen LogP contribution in [0, 0.1) is 12.7 Å². The third-order valence-corrected chi connectivity index (χ3v) is 7.90. The second-order valence-electron chi connectivity index (χ2n) is 8.82. The van der Waals surface area contributed by atoms with Gasteiger partial charge in [0.15, 0.2) is 0 Å². The highest BCUT2D eigenvalue weighted by Gasteiger charge is 2.21. The van der Waals surface area contributed by atoms with Gasteiger partial charge in [-0.15, -0.1) is 11.8 Å². The SMILES string of the molecule is CCN(Cc1cc(Br)ccc1F)C(=O)c1ccccc1SCC(=O)Nc1c(C)n(C)n(-c2ccccc2)c1=O. The summed E-state index contributed by atoms with van der Waals surface area (Å²) in [7, 11) is 1.76. The monoisotopic (exact) mass is 610 g/mol. The van der Waals surface area contributed by atoms with Gasteiger partial charge in [0.05, 0.1) is 22.7 Å². The van der Waals surface area contributed by atoms with Crippen molar-refractivity contribution in [1.82, 2.24) is 14.3 Å². The first-order valence-electron chi connectivity index (χ1n) is 12.3. The van der Waals surface area contributed by atoms with Gasteiger partial charge in [-0.1, -0.05) is 46.3 Å². The number of anilines is 1. The van der Waals surface area contributed by atoms with E-state index in [4.69, 9.17) is 0 Å². The predicted molar refractivity (Wildman–Crippen MR) is 156 cm³/mol. The van der Waals surface area contributed by atoms with Crippen molar-refractivity contribution in [2.24, 2.45) is 7.05 Å². The topological polar surface area (TPSA) is 76.3 Å². The van der Waals surface area contributed by atoms with Gasteiger partial charge in [0.2, 0.25) is 5.91 Å². The summed E-state index contributed by atoms with van der Waals surface area (Å²) in [6.45, 7) is 4.10. The first-order valence-corrected chi connectivity index (χ1v) is 14.1. The minimum Gasteiger partial charge on any atom is -0.334 e. The molecule has 0 spiro atoms. The Morgan fingerprint density at radius 1 is 1.05 bits per heavy atom. The summed E-state index contributed by atoms with van der Waals surface area (Å²) in [6, 6.07) is 20.8. The molecule has 0 fully saturated rings. The van der Waals surface area contributed by atoms with Crippen LogP contribution in [0.4, 0.5) is 10.1 Å². The zero-order valence-corrected chi connectivity index (χ0v) is 24.2. The van der Waals surface area contributed by atoms with Gasteiger partial charge in [-0.3, -0.25) is 19.1 Å². The second-order valence-corrected chi connectivity index (χ2v) is 10.8. The zero-order valence-electron chi connectivity index (χ0n) is 21.8. The third-order valence-electron chi connectivity index (χ3n) is 6.33. The lowest BCUT2D eigenvalue weighted by Crippen LogP contribution is -2.31. The summed E-state index contributed by atoms with van der Waals surface area (Å²) in [5, 5.41) is 2.75. The van der Waals surface area contributed by atoms with Crippen molar-refractivity contribution >= 4 is 45.2 Å². The first-order chi connectivity index (χ1) is 18.7. The molecular formula is C29H28BrFN4O3S. The Kier molecular flexibility index (Phi) is 9.08. The van der Waals surface area contributed by atoms with Gasteiger partial charge in [-0.05, 0) is 56.3 Å². The maximum atomic E-state index is 14.3. The van der Waals surface area contributed by atoms with Crippen LogP contribution in [0.1, 0.15) is 28.5 Å². The molecule has 39 heavy (non-hydrogen) atoms. The molecule has 7 nitrogen and oxygen atoms in total. The normalized spacial score (nSPS) is 10.9. The molecule has 1 N–H and O–H groups in total. The molecule has 0 saturated heterocycles. The second kappa shape index (κ2) is 12.5. The van der Waals surface area contributed by atoms with Crippen molar-refractivity contribution in [3.63, 3.8) is 0 Å². The van der Waals surface area contributed by atoms with Crippen LogP contribution in [-0.2, 0) is 18.4 Å². The van der Waals surface area contributed by atoms with Crippen LogP contribution in [0.3, 0.4) is 0 Å².